The van der Waals surface area contributed by atoms with Gasteiger partial charge < -0.3 is 20.9 Å². The maximum atomic E-state index is 12.3. The normalized spacial score (nSPS) is 10.7. The Hall–Kier alpha value is -2.80. The first-order chi connectivity index (χ1) is 12.6. The molecule has 0 aliphatic rings. The van der Waals surface area contributed by atoms with Gasteiger partial charge in [-0.25, -0.2) is 4.79 Å². The van der Waals surface area contributed by atoms with E-state index in [0.29, 0.717) is 10.6 Å². The fraction of sp³-hybridized carbons (Fsp3) is 0.263. The molecule has 3 amide bonds. The molecule has 0 fully saturated rings. The van der Waals surface area contributed by atoms with E-state index in [-0.39, 0.29) is 11.9 Å². The molecule has 6 nitrogen and oxygen atoms in total. The molecule has 1 aromatic carbocycles. The van der Waals surface area contributed by atoms with Crippen molar-refractivity contribution in [2.24, 2.45) is 0 Å². The molecule has 0 bridgehead atoms. The number of benzene rings is 1. The summed E-state index contributed by atoms with van der Waals surface area (Å²) in [5, 5.41) is 9.07. The molecule has 0 radical (unpaired) electrons. The van der Waals surface area contributed by atoms with E-state index in [2.05, 4.69) is 27.9 Å². The number of aromatic amines is 1. The van der Waals surface area contributed by atoms with Crippen LogP contribution in [0.3, 0.4) is 0 Å². The van der Waals surface area contributed by atoms with Gasteiger partial charge in [-0.1, -0.05) is 25.5 Å². The van der Waals surface area contributed by atoms with Gasteiger partial charge in [0.25, 0.3) is 5.91 Å². The van der Waals surface area contributed by atoms with Gasteiger partial charge in [-0.05, 0) is 36.6 Å². The van der Waals surface area contributed by atoms with Crippen molar-refractivity contribution in [2.75, 3.05) is 17.7 Å². The standard InChI is InChI=1S/C19H22N4O2S/c1-3-4-5-12-6-8-13(9-7-12)22-19(25)23-15-11-21-18-14(15)10-16(26-18)17(24)20-2/h6-11,21H,3-5H2,1-2H3,(H,20,24)(H2,22,23,25). The first-order valence-electron chi connectivity index (χ1n) is 8.60. The molecule has 0 aliphatic heterocycles. The van der Waals surface area contributed by atoms with Crippen molar-refractivity contribution in [3.05, 3.63) is 47.0 Å². The summed E-state index contributed by atoms with van der Waals surface area (Å²) in [6.07, 6.45) is 5.10. The number of amides is 3. The molecule has 136 valence electrons. The Bertz CT molecular complexity index is 911. The Kier molecular flexibility index (Phi) is 5.58. The molecular weight excluding hydrogens is 348 g/mol. The van der Waals surface area contributed by atoms with Gasteiger partial charge in [-0.15, -0.1) is 11.3 Å². The lowest BCUT2D eigenvalue weighted by Gasteiger charge is -2.07. The van der Waals surface area contributed by atoms with Crippen LogP contribution in [-0.4, -0.2) is 24.0 Å². The highest BCUT2D eigenvalue weighted by Gasteiger charge is 2.14. The van der Waals surface area contributed by atoms with Crippen LogP contribution in [0.4, 0.5) is 16.2 Å². The van der Waals surface area contributed by atoms with E-state index in [9.17, 15) is 9.59 Å². The summed E-state index contributed by atoms with van der Waals surface area (Å²) < 4.78 is 0. The first kappa shape index (κ1) is 18.0. The zero-order valence-corrected chi connectivity index (χ0v) is 15.6. The third-order valence-electron chi connectivity index (χ3n) is 4.10. The summed E-state index contributed by atoms with van der Waals surface area (Å²) in [6, 6.07) is 9.34. The number of H-pyrrole nitrogens is 1. The summed E-state index contributed by atoms with van der Waals surface area (Å²) in [4.78, 5) is 28.5. The van der Waals surface area contributed by atoms with E-state index < -0.39 is 0 Å². The lowest BCUT2D eigenvalue weighted by Crippen LogP contribution is -2.19. The van der Waals surface area contributed by atoms with Crippen LogP contribution in [0.5, 0.6) is 0 Å². The van der Waals surface area contributed by atoms with Gasteiger partial charge in [0.05, 0.1) is 10.6 Å². The first-order valence-corrected chi connectivity index (χ1v) is 9.42. The third-order valence-corrected chi connectivity index (χ3v) is 5.16. The molecule has 0 atom stereocenters. The van der Waals surface area contributed by atoms with Crippen LogP contribution >= 0.6 is 11.3 Å². The maximum absolute atomic E-state index is 12.3. The van der Waals surface area contributed by atoms with Crippen molar-refractivity contribution in [1.82, 2.24) is 10.3 Å². The largest absolute Gasteiger partial charge is 0.354 e. The zero-order chi connectivity index (χ0) is 18.5. The number of unbranched alkanes of at least 4 members (excludes halogenated alkanes) is 1. The third kappa shape index (κ3) is 4.05. The Balaban J connectivity index is 1.65. The van der Waals surface area contributed by atoms with Crippen molar-refractivity contribution in [3.63, 3.8) is 0 Å². The van der Waals surface area contributed by atoms with Crippen molar-refractivity contribution < 1.29 is 9.59 Å². The second kappa shape index (κ2) is 8.05. The fourth-order valence-corrected chi connectivity index (χ4v) is 3.66. The SMILES string of the molecule is CCCCc1ccc(NC(=O)Nc2c[nH]c3sc(C(=O)NC)cc23)cc1. The number of urea groups is 1. The Morgan fingerprint density at radius 1 is 1.15 bits per heavy atom. The number of anilines is 2. The van der Waals surface area contributed by atoms with E-state index in [0.717, 1.165) is 35.2 Å². The smallest absolute Gasteiger partial charge is 0.323 e. The van der Waals surface area contributed by atoms with Crippen molar-refractivity contribution in [2.45, 2.75) is 26.2 Å². The predicted octanol–water partition coefficient (Wildman–Crippen LogP) is 4.58. The number of aromatic nitrogens is 1. The fourth-order valence-electron chi connectivity index (χ4n) is 2.67. The van der Waals surface area contributed by atoms with E-state index in [1.807, 2.05) is 24.3 Å². The van der Waals surface area contributed by atoms with Gasteiger partial charge in [-0.2, -0.15) is 0 Å². The average Bonchev–Trinajstić information content (AvgIpc) is 3.22. The number of rotatable bonds is 6. The Labute approximate surface area is 156 Å². The molecule has 7 heteroatoms. The van der Waals surface area contributed by atoms with E-state index in [1.54, 1.807) is 19.3 Å². The molecule has 2 heterocycles. The average molecular weight is 370 g/mol. The van der Waals surface area contributed by atoms with Gasteiger partial charge in [0.15, 0.2) is 0 Å². The lowest BCUT2D eigenvalue weighted by atomic mass is 10.1. The number of thiophene rings is 1. The summed E-state index contributed by atoms with van der Waals surface area (Å²) in [6.45, 7) is 2.17. The molecule has 26 heavy (non-hydrogen) atoms. The minimum absolute atomic E-state index is 0.141. The van der Waals surface area contributed by atoms with Crippen LogP contribution in [0, 0.1) is 0 Å². The van der Waals surface area contributed by atoms with Gasteiger partial charge in [0.2, 0.25) is 0 Å². The topological polar surface area (TPSA) is 86.0 Å². The second-order valence-corrected chi connectivity index (χ2v) is 7.07. The molecule has 0 saturated heterocycles. The molecule has 0 unspecified atom stereocenters. The Morgan fingerprint density at radius 2 is 1.92 bits per heavy atom. The number of nitrogens with one attached hydrogen (secondary N) is 4. The van der Waals surface area contributed by atoms with Crippen LogP contribution in [0.25, 0.3) is 10.2 Å². The lowest BCUT2D eigenvalue weighted by molar-refractivity contribution is 0.0967. The van der Waals surface area contributed by atoms with Crippen LogP contribution in [0.2, 0.25) is 0 Å². The summed E-state index contributed by atoms with van der Waals surface area (Å²) in [5.74, 6) is -0.141. The Morgan fingerprint density at radius 3 is 2.62 bits per heavy atom. The molecule has 3 rings (SSSR count). The van der Waals surface area contributed by atoms with Gasteiger partial charge in [0, 0.05) is 24.3 Å². The second-order valence-electron chi connectivity index (χ2n) is 6.01. The molecule has 0 spiro atoms. The highest BCUT2D eigenvalue weighted by atomic mass is 32.1. The highest BCUT2D eigenvalue weighted by molar-refractivity contribution is 7.20. The van der Waals surface area contributed by atoms with Gasteiger partial charge in [-0.3, -0.25) is 4.79 Å². The van der Waals surface area contributed by atoms with E-state index in [4.69, 9.17) is 0 Å². The molecule has 3 aromatic rings. The quantitative estimate of drug-likeness (QED) is 0.512. The minimum Gasteiger partial charge on any atom is -0.354 e. The van der Waals surface area contributed by atoms with Crippen LogP contribution in [-0.2, 0) is 6.42 Å². The van der Waals surface area contributed by atoms with E-state index in [1.165, 1.54) is 16.9 Å². The monoisotopic (exact) mass is 370 g/mol. The maximum Gasteiger partial charge on any atom is 0.323 e. The number of carbonyl (C=O) groups is 2. The molecular formula is C19H22N4O2S. The summed E-state index contributed by atoms with van der Waals surface area (Å²) in [5.41, 5.74) is 2.65. The van der Waals surface area contributed by atoms with E-state index >= 15 is 0 Å². The van der Waals surface area contributed by atoms with Crippen LogP contribution < -0.4 is 16.0 Å². The zero-order valence-electron chi connectivity index (χ0n) is 14.8. The number of fused-ring (bicyclic) bond motifs is 1. The number of aryl methyl sites for hydroxylation is 1. The van der Waals surface area contributed by atoms with Crippen LogP contribution in [0.1, 0.15) is 35.0 Å². The van der Waals surface area contributed by atoms with Crippen LogP contribution in [0.15, 0.2) is 36.5 Å². The van der Waals surface area contributed by atoms with Crippen molar-refractivity contribution in [3.8, 4) is 0 Å². The molecule has 2 aromatic heterocycles. The highest BCUT2D eigenvalue weighted by Crippen LogP contribution is 2.31. The van der Waals surface area contributed by atoms with Gasteiger partial charge >= 0.3 is 6.03 Å². The van der Waals surface area contributed by atoms with Gasteiger partial charge in [0.1, 0.15) is 4.83 Å². The molecule has 0 aliphatic carbocycles. The molecule has 0 saturated carbocycles. The molecule has 4 N–H and O–H groups in total. The number of carbonyl (C=O) groups excluding carboxylic acids is 2. The van der Waals surface area contributed by atoms with Crippen molar-refractivity contribution >= 4 is 44.9 Å². The minimum atomic E-state index is -0.320. The number of hydrogen-bond acceptors (Lipinski definition) is 3. The predicted molar refractivity (Wildman–Crippen MR) is 107 cm³/mol. The summed E-state index contributed by atoms with van der Waals surface area (Å²) >= 11 is 1.35. The number of hydrogen-bond donors (Lipinski definition) is 4. The van der Waals surface area contributed by atoms with Crippen molar-refractivity contribution in [1.29, 1.82) is 0 Å². The summed E-state index contributed by atoms with van der Waals surface area (Å²) in [7, 11) is 1.59.